The van der Waals surface area contributed by atoms with Gasteiger partial charge in [-0.2, -0.15) is 0 Å². The molecule has 4 nitrogen and oxygen atoms in total. The van der Waals surface area contributed by atoms with Crippen molar-refractivity contribution < 1.29 is 8.42 Å². The van der Waals surface area contributed by atoms with Crippen LogP contribution >= 0.6 is 34.5 Å². The first-order valence-corrected chi connectivity index (χ1v) is 9.14. The van der Waals surface area contributed by atoms with Crippen LogP contribution in [0.25, 0.3) is 0 Å². The van der Waals surface area contributed by atoms with Crippen molar-refractivity contribution in [3.8, 4) is 0 Å². The molecule has 0 saturated heterocycles. The Hall–Kier alpha value is -0.660. The van der Waals surface area contributed by atoms with E-state index in [4.69, 9.17) is 23.2 Å². The molecule has 0 aliphatic heterocycles. The van der Waals surface area contributed by atoms with Gasteiger partial charge in [0.2, 0.25) is 10.0 Å². The lowest BCUT2D eigenvalue weighted by atomic mass is 10.2. The highest BCUT2D eigenvalue weighted by Crippen LogP contribution is 2.28. The van der Waals surface area contributed by atoms with Crippen molar-refractivity contribution in [2.45, 2.75) is 32.2 Å². The van der Waals surface area contributed by atoms with Gasteiger partial charge in [0.05, 0.1) is 15.7 Å². The molecule has 0 amide bonds. The molecule has 0 atom stereocenters. The number of hydrogen-bond acceptors (Lipinski definition) is 4. The van der Waals surface area contributed by atoms with Crippen molar-refractivity contribution >= 4 is 44.6 Å². The summed E-state index contributed by atoms with van der Waals surface area (Å²) in [4.78, 5) is 5.19. The second kappa shape index (κ2) is 6.22. The van der Waals surface area contributed by atoms with E-state index in [-0.39, 0.29) is 16.5 Å². The molecular formula is C13H14Cl2N2O2S2. The number of nitrogens with one attached hydrogen (secondary N) is 1. The summed E-state index contributed by atoms with van der Waals surface area (Å²) in [6.45, 7) is 5.66. The number of thiazole rings is 1. The van der Waals surface area contributed by atoms with Gasteiger partial charge < -0.3 is 0 Å². The van der Waals surface area contributed by atoms with Gasteiger partial charge in [-0.15, -0.1) is 11.3 Å². The van der Waals surface area contributed by atoms with Crippen molar-refractivity contribution in [1.29, 1.82) is 0 Å². The number of nitrogens with zero attached hydrogens (tertiary/aromatic N) is 1. The first kappa shape index (κ1) is 16.7. The molecule has 0 saturated carbocycles. The second-order valence-electron chi connectivity index (χ2n) is 4.60. The maximum atomic E-state index is 12.4. The average molecular weight is 365 g/mol. The monoisotopic (exact) mass is 364 g/mol. The van der Waals surface area contributed by atoms with Gasteiger partial charge in [-0.3, -0.25) is 0 Å². The summed E-state index contributed by atoms with van der Waals surface area (Å²) < 4.78 is 27.3. The first-order valence-electron chi connectivity index (χ1n) is 6.09. The fourth-order valence-electron chi connectivity index (χ4n) is 1.81. The molecule has 0 fully saturated rings. The molecule has 1 aromatic carbocycles. The summed E-state index contributed by atoms with van der Waals surface area (Å²) in [5.41, 5.74) is 1.49. The fourth-order valence-corrected chi connectivity index (χ4v) is 4.61. The molecular weight excluding hydrogens is 351 g/mol. The van der Waals surface area contributed by atoms with Gasteiger partial charge in [-0.1, -0.05) is 23.2 Å². The van der Waals surface area contributed by atoms with E-state index in [0.29, 0.717) is 10.6 Å². The molecule has 0 spiro atoms. The lowest BCUT2D eigenvalue weighted by Gasteiger charge is -2.09. The van der Waals surface area contributed by atoms with Crippen LogP contribution in [0, 0.1) is 20.8 Å². The third-order valence-corrected chi connectivity index (χ3v) is 6.27. The van der Waals surface area contributed by atoms with E-state index in [9.17, 15) is 8.42 Å². The van der Waals surface area contributed by atoms with E-state index in [1.54, 1.807) is 6.92 Å². The maximum absolute atomic E-state index is 12.4. The molecule has 1 heterocycles. The molecule has 2 aromatic rings. The van der Waals surface area contributed by atoms with Crippen molar-refractivity contribution in [2.75, 3.05) is 0 Å². The van der Waals surface area contributed by atoms with Crippen molar-refractivity contribution in [2.24, 2.45) is 0 Å². The van der Waals surface area contributed by atoms with Crippen LogP contribution in [0.1, 0.15) is 21.1 Å². The number of benzene rings is 1. The molecule has 1 aromatic heterocycles. The van der Waals surface area contributed by atoms with Gasteiger partial charge in [0.1, 0.15) is 4.90 Å². The molecule has 21 heavy (non-hydrogen) atoms. The Morgan fingerprint density at radius 2 is 1.86 bits per heavy atom. The van der Waals surface area contributed by atoms with E-state index in [1.807, 2.05) is 13.8 Å². The summed E-state index contributed by atoms with van der Waals surface area (Å²) in [7, 11) is -3.70. The molecule has 8 heteroatoms. The van der Waals surface area contributed by atoms with E-state index >= 15 is 0 Å². The topological polar surface area (TPSA) is 59.1 Å². The highest BCUT2D eigenvalue weighted by Gasteiger charge is 2.20. The Labute approximate surface area is 138 Å². The summed E-state index contributed by atoms with van der Waals surface area (Å²) in [6, 6.07) is 2.91. The van der Waals surface area contributed by atoms with Crippen LogP contribution in [0.2, 0.25) is 10.0 Å². The Kier molecular flexibility index (Phi) is 4.95. The molecule has 0 aliphatic rings. The Bertz CT molecular complexity index is 786. The third kappa shape index (κ3) is 3.76. The molecule has 1 N–H and O–H groups in total. The quantitative estimate of drug-likeness (QED) is 0.895. The largest absolute Gasteiger partial charge is 0.247 e. The standard InChI is InChI=1S/C13H14Cl2N2O2S2/c1-7-4-13(11(15)5-10(7)14)21(18,19)16-6-12-8(2)17-9(3)20-12/h4-5,16H,6H2,1-3H3. The maximum Gasteiger partial charge on any atom is 0.242 e. The minimum atomic E-state index is -3.70. The van der Waals surface area contributed by atoms with E-state index in [0.717, 1.165) is 15.6 Å². The predicted molar refractivity (Wildman–Crippen MR) is 86.8 cm³/mol. The van der Waals surface area contributed by atoms with Gasteiger partial charge in [-0.25, -0.2) is 18.1 Å². The molecule has 2 rings (SSSR count). The highest BCUT2D eigenvalue weighted by molar-refractivity contribution is 7.89. The zero-order valence-corrected chi connectivity index (χ0v) is 14.8. The normalized spacial score (nSPS) is 11.9. The zero-order valence-electron chi connectivity index (χ0n) is 11.7. The Morgan fingerprint density at radius 1 is 1.19 bits per heavy atom. The summed E-state index contributed by atoms with van der Waals surface area (Å²) in [6.07, 6.45) is 0. The smallest absolute Gasteiger partial charge is 0.242 e. The number of aryl methyl sites for hydroxylation is 3. The van der Waals surface area contributed by atoms with Crippen molar-refractivity contribution in [3.63, 3.8) is 0 Å². The van der Waals surface area contributed by atoms with Crippen molar-refractivity contribution in [3.05, 3.63) is 43.3 Å². The Morgan fingerprint density at radius 3 is 2.43 bits per heavy atom. The van der Waals surface area contributed by atoms with E-state index in [2.05, 4.69) is 9.71 Å². The van der Waals surface area contributed by atoms with Gasteiger partial charge in [0, 0.05) is 16.4 Å². The number of rotatable bonds is 4. The van der Waals surface area contributed by atoms with E-state index in [1.165, 1.54) is 23.5 Å². The fraction of sp³-hybridized carbons (Fsp3) is 0.308. The minimum Gasteiger partial charge on any atom is -0.247 e. The number of halogens is 2. The molecule has 0 aliphatic carbocycles. The molecule has 0 radical (unpaired) electrons. The lowest BCUT2D eigenvalue weighted by molar-refractivity contribution is 0.581. The number of hydrogen-bond donors (Lipinski definition) is 1. The third-order valence-electron chi connectivity index (χ3n) is 2.93. The number of sulfonamides is 1. The lowest BCUT2D eigenvalue weighted by Crippen LogP contribution is -2.23. The van der Waals surface area contributed by atoms with E-state index < -0.39 is 10.0 Å². The summed E-state index contributed by atoms with van der Waals surface area (Å²) in [5.74, 6) is 0. The second-order valence-corrected chi connectivity index (χ2v) is 8.44. The van der Waals surface area contributed by atoms with Crippen LogP contribution in [0.15, 0.2) is 17.0 Å². The van der Waals surface area contributed by atoms with Gasteiger partial charge in [0.15, 0.2) is 0 Å². The minimum absolute atomic E-state index is 0.0324. The molecule has 114 valence electrons. The van der Waals surface area contributed by atoms with Gasteiger partial charge in [-0.05, 0) is 38.5 Å². The number of aromatic nitrogens is 1. The summed E-state index contributed by atoms with van der Waals surface area (Å²) in [5, 5.41) is 1.45. The molecule has 0 unspecified atom stereocenters. The molecule has 0 bridgehead atoms. The van der Waals surface area contributed by atoms with Crippen LogP contribution in [0.4, 0.5) is 0 Å². The van der Waals surface area contributed by atoms with Gasteiger partial charge in [0.25, 0.3) is 0 Å². The summed E-state index contributed by atoms with van der Waals surface area (Å²) >= 11 is 13.4. The average Bonchev–Trinajstić information content (AvgIpc) is 2.70. The SMILES string of the molecule is Cc1nc(C)c(CNS(=O)(=O)c2cc(C)c(Cl)cc2Cl)s1. The predicted octanol–water partition coefficient (Wildman–Crippen LogP) is 3.85. The van der Waals surface area contributed by atoms with Crippen LogP contribution in [-0.4, -0.2) is 13.4 Å². The van der Waals surface area contributed by atoms with Crippen LogP contribution in [0.3, 0.4) is 0 Å². The van der Waals surface area contributed by atoms with Crippen LogP contribution in [0.5, 0.6) is 0 Å². The van der Waals surface area contributed by atoms with Gasteiger partial charge >= 0.3 is 0 Å². The van der Waals surface area contributed by atoms with Crippen molar-refractivity contribution in [1.82, 2.24) is 9.71 Å². The van der Waals surface area contributed by atoms with Crippen LogP contribution < -0.4 is 4.72 Å². The first-order chi connectivity index (χ1) is 9.70. The highest BCUT2D eigenvalue weighted by atomic mass is 35.5. The Balaban J connectivity index is 2.27. The zero-order chi connectivity index (χ0) is 15.8. The van der Waals surface area contributed by atoms with Crippen LogP contribution in [-0.2, 0) is 16.6 Å².